The lowest BCUT2D eigenvalue weighted by molar-refractivity contribution is 0.589. The van der Waals surface area contributed by atoms with Crippen molar-refractivity contribution in [1.29, 1.82) is 0 Å². The molecular formula is C20H28N4O2S2. The second-order valence-corrected chi connectivity index (χ2v) is 9.52. The summed E-state index contributed by atoms with van der Waals surface area (Å²) in [5.74, 6) is 0. The largest absolute Gasteiger partial charge is 0.359 e. The molecule has 0 bridgehead atoms. The first-order chi connectivity index (χ1) is 13.1. The van der Waals surface area contributed by atoms with Gasteiger partial charge in [0.15, 0.2) is 5.11 Å². The molecule has 0 unspecified atom stereocenters. The minimum atomic E-state index is -3.50. The van der Waals surface area contributed by atoms with E-state index in [9.17, 15) is 8.42 Å². The first-order valence-corrected chi connectivity index (χ1v) is 10.9. The normalized spacial score (nSPS) is 11.7. The highest BCUT2D eigenvalue weighted by molar-refractivity contribution is 7.90. The summed E-state index contributed by atoms with van der Waals surface area (Å²) in [5.41, 5.74) is 4.10. The van der Waals surface area contributed by atoms with E-state index in [-0.39, 0.29) is 5.41 Å². The van der Waals surface area contributed by atoms with Crippen LogP contribution in [0.4, 0.5) is 5.69 Å². The van der Waals surface area contributed by atoms with E-state index in [4.69, 9.17) is 12.2 Å². The van der Waals surface area contributed by atoms with Gasteiger partial charge in [-0.1, -0.05) is 57.2 Å². The molecule has 2 aromatic carbocycles. The maximum atomic E-state index is 11.5. The smallest absolute Gasteiger partial charge is 0.298 e. The average molecular weight is 421 g/mol. The number of rotatable bonds is 7. The Kier molecular flexibility index (Phi) is 7.40. The number of benzene rings is 2. The zero-order valence-corrected chi connectivity index (χ0v) is 18.3. The average Bonchev–Trinajstić information content (AvgIpc) is 2.65. The first kappa shape index (κ1) is 22.1. The molecule has 0 heterocycles. The van der Waals surface area contributed by atoms with Crippen LogP contribution in [-0.4, -0.2) is 20.6 Å². The van der Waals surface area contributed by atoms with Gasteiger partial charge in [0.2, 0.25) is 0 Å². The zero-order chi connectivity index (χ0) is 20.8. The van der Waals surface area contributed by atoms with Crippen LogP contribution in [0.3, 0.4) is 0 Å². The predicted molar refractivity (Wildman–Crippen MR) is 119 cm³/mol. The van der Waals surface area contributed by atoms with E-state index >= 15 is 0 Å². The molecule has 0 amide bonds. The highest BCUT2D eigenvalue weighted by Gasteiger charge is 2.12. The van der Waals surface area contributed by atoms with Gasteiger partial charge in [0.25, 0.3) is 10.2 Å². The van der Waals surface area contributed by atoms with E-state index in [0.717, 1.165) is 5.56 Å². The summed E-state index contributed by atoms with van der Waals surface area (Å²) in [6, 6.07) is 15.6. The molecule has 152 valence electrons. The van der Waals surface area contributed by atoms with Crippen LogP contribution in [-0.2, 0) is 28.7 Å². The lowest BCUT2D eigenvalue weighted by Crippen LogP contribution is -2.34. The maximum Gasteiger partial charge on any atom is 0.298 e. The predicted octanol–water partition coefficient (Wildman–Crippen LogP) is 3.02. The van der Waals surface area contributed by atoms with E-state index in [1.165, 1.54) is 18.2 Å². The molecule has 2 aromatic rings. The minimum absolute atomic E-state index is 0.144. The molecule has 0 aliphatic rings. The Balaban J connectivity index is 1.79. The van der Waals surface area contributed by atoms with Crippen LogP contribution in [0.2, 0.25) is 0 Å². The molecule has 0 aliphatic carbocycles. The first-order valence-electron chi connectivity index (χ1n) is 9.00. The number of hydrogen-bond donors (Lipinski definition) is 4. The van der Waals surface area contributed by atoms with E-state index < -0.39 is 10.2 Å². The molecule has 6 nitrogen and oxygen atoms in total. The van der Waals surface area contributed by atoms with Gasteiger partial charge < -0.3 is 10.6 Å². The molecule has 0 saturated heterocycles. The van der Waals surface area contributed by atoms with Gasteiger partial charge in [-0.2, -0.15) is 8.42 Å². The van der Waals surface area contributed by atoms with Crippen molar-refractivity contribution in [3.8, 4) is 0 Å². The summed E-state index contributed by atoms with van der Waals surface area (Å²) in [7, 11) is -2.15. The molecule has 0 fully saturated rings. The quantitative estimate of drug-likeness (QED) is 0.518. The lowest BCUT2D eigenvalue weighted by Gasteiger charge is -2.19. The molecule has 4 N–H and O–H groups in total. The topological polar surface area (TPSA) is 82.3 Å². The Morgan fingerprint density at radius 3 is 1.79 bits per heavy atom. The molecule has 0 aromatic heterocycles. The zero-order valence-electron chi connectivity index (χ0n) is 16.7. The van der Waals surface area contributed by atoms with Crippen molar-refractivity contribution in [2.24, 2.45) is 0 Å². The van der Waals surface area contributed by atoms with Gasteiger partial charge >= 0.3 is 0 Å². The Hall–Kier alpha value is -2.16. The molecule has 0 spiro atoms. The van der Waals surface area contributed by atoms with Crippen LogP contribution in [0.5, 0.6) is 0 Å². The molecule has 0 saturated carbocycles. The lowest BCUT2D eigenvalue weighted by atomic mass is 9.87. The Morgan fingerprint density at radius 2 is 1.36 bits per heavy atom. The third-order valence-corrected chi connectivity index (χ3v) is 5.53. The van der Waals surface area contributed by atoms with Gasteiger partial charge in [-0.05, 0) is 46.5 Å². The molecule has 0 atom stereocenters. The van der Waals surface area contributed by atoms with Gasteiger partial charge in [0, 0.05) is 25.8 Å². The van der Waals surface area contributed by atoms with Gasteiger partial charge in [-0.25, -0.2) is 4.72 Å². The monoisotopic (exact) mass is 420 g/mol. The summed E-state index contributed by atoms with van der Waals surface area (Å²) >= 11 is 5.33. The number of anilines is 1. The van der Waals surface area contributed by atoms with Crippen molar-refractivity contribution in [2.75, 3.05) is 11.8 Å². The van der Waals surface area contributed by atoms with Crippen LogP contribution < -0.4 is 20.1 Å². The summed E-state index contributed by atoms with van der Waals surface area (Å²) in [6.07, 6.45) is 0. The molecule has 8 heteroatoms. The van der Waals surface area contributed by atoms with Crippen LogP contribution in [0.1, 0.15) is 37.5 Å². The van der Waals surface area contributed by atoms with E-state index in [0.29, 0.717) is 23.9 Å². The van der Waals surface area contributed by atoms with Gasteiger partial charge in [-0.3, -0.25) is 4.72 Å². The van der Waals surface area contributed by atoms with Crippen molar-refractivity contribution in [3.05, 3.63) is 65.2 Å². The van der Waals surface area contributed by atoms with Crippen LogP contribution in [0.15, 0.2) is 48.5 Å². The summed E-state index contributed by atoms with van der Waals surface area (Å²) in [4.78, 5) is 0. The van der Waals surface area contributed by atoms with E-state index in [1.807, 2.05) is 12.1 Å². The van der Waals surface area contributed by atoms with Crippen molar-refractivity contribution in [1.82, 2.24) is 15.4 Å². The summed E-state index contributed by atoms with van der Waals surface area (Å²) < 4.78 is 27.6. The third-order valence-electron chi connectivity index (χ3n) is 4.20. The molecule has 28 heavy (non-hydrogen) atoms. The maximum absolute atomic E-state index is 11.5. The number of hydrogen-bond acceptors (Lipinski definition) is 3. The van der Waals surface area contributed by atoms with Gasteiger partial charge in [0.05, 0.1) is 0 Å². The molecule has 0 radical (unpaired) electrons. The van der Waals surface area contributed by atoms with E-state index in [2.05, 4.69) is 65.1 Å². The minimum Gasteiger partial charge on any atom is -0.359 e. The SMILES string of the molecule is CNS(=O)(=O)Nc1ccc(CNC(=S)NCc2ccc(C(C)(C)C)cc2)cc1. The van der Waals surface area contributed by atoms with Gasteiger partial charge in [-0.15, -0.1) is 0 Å². The number of thiocarbonyl (C=S) groups is 1. The van der Waals surface area contributed by atoms with Crippen LogP contribution >= 0.6 is 12.2 Å². The van der Waals surface area contributed by atoms with Crippen molar-refractivity contribution >= 4 is 33.2 Å². The van der Waals surface area contributed by atoms with E-state index in [1.54, 1.807) is 12.1 Å². The van der Waals surface area contributed by atoms with Crippen LogP contribution in [0, 0.1) is 0 Å². The fraction of sp³-hybridized carbons (Fsp3) is 0.350. The fourth-order valence-electron chi connectivity index (χ4n) is 2.45. The Labute approximate surface area is 173 Å². The van der Waals surface area contributed by atoms with Crippen LogP contribution in [0.25, 0.3) is 0 Å². The Morgan fingerprint density at radius 1 is 0.893 bits per heavy atom. The fourth-order valence-corrected chi connectivity index (χ4v) is 3.14. The van der Waals surface area contributed by atoms with Gasteiger partial charge in [0.1, 0.15) is 0 Å². The van der Waals surface area contributed by atoms with Crippen molar-refractivity contribution in [2.45, 2.75) is 39.3 Å². The third kappa shape index (κ3) is 7.10. The summed E-state index contributed by atoms with van der Waals surface area (Å²) in [5, 5.41) is 6.92. The molecular weight excluding hydrogens is 392 g/mol. The second kappa shape index (κ2) is 9.36. The highest BCUT2D eigenvalue weighted by Crippen LogP contribution is 2.22. The highest BCUT2D eigenvalue weighted by atomic mass is 32.2. The molecule has 0 aliphatic heterocycles. The number of nitrogens with one attached hydrogen (secondary N) is 4. The molecule has 2 rings (SSSR count). The van der Waals surface area contributed by atoms with Crippen molar-refractivity contribution in [3.63, 3.8) is 0 Å². The second-order valence-electron chi connectivity index (χ2n) is 7.49. The standard InChI is InChI=1S/C20H28N4O2S2/c1-20(2,3)17-9-5-15(6-10-17)13-22-19(27)23-14-16-7-11-18(12-8-16)24-28(25,26)21-4/h5-12,21,24H,13-14H2,1-4H3,(H2,22,23,27). The van der Waals surface area contributed by atoms with Crippen molar-refractivity contribution < 1.29 is 8.42 Å². The summed E-state index contributed by atoms with van der Waals surface area (Å²) in [6.45, 7) is 7.79. The Bertz CT molecular complexity index is 887.